The second-order valence-corrected chi connectivity index (χ2v) is 6.65. The van der Waals surface area contributed by atoms with Crippen LogP contribution in [0.3, 0.4) is 0 Å². The van der Waals surface area contributed by atoms with Gasteiger partial charge in [0.25, 0.3) is 5.91 Å². The molecule has 0 aliphatic rings. The molecule has 0 aromatic heterocycles. The van der Waals surface area contributed by atoms with E-state index in [1.165, 1.54) is 6.07 Å². The van der Waals surface area contributed by atoms with Gasteiger partial charge < -0.3 is 5.32 Å². The summed E-state index contributed by atoms with van der Waals surface area (Å²) in [6, 6.07) is 3.08. The van der Waals surface area contributed by atoms with E-state index < -0.39 is 26.6 Å². The van der Waals surface area contributed by atoms with E-state index >= 15 is 0 Å². The van der Waals surface area contributed by atoms with Crippen LogP contribution in [0.4, 0.5) is 4.39 Å². The summed E-state index contributed by atoms with van der Waals surface area (Å²) in [6.07, 6.45) is 0. The summed E-state index contributed by atoms with van der Waals surface area (Å²) in [6.45, 7) is 6.52. The number of halogens is 1. The van der Waals surface area contributed by atoms with Crippen molar-refractivity contribution in [3.63, 3.8) is 0 Å². The van der Waals surface area contributed by atoms with Gasteiger partial charge in [0.2, 0.25) is 10.0 Å². The number of sulfonamides is 1. The molecule has 20 heavy (non-hydrogen) atoms. The van der Waals surface area contributed by atoms with E-state index in [2.05, 4.69) is 5.32 Å². The molecule has 0 aliphatic carbocycles. The van der Waals surface area contributed by atoms with Gasteiger partial charge >= 0.3 is 0 Å². The smallest absolute Gasteiger partial charge is 0.251 e. The van der Waals surface area contributed by atoms with Gasteiger partial charge in [-0.3, -0.25) is 4.79 Å². The molecule has 0 spiro atoms. The molecule has 1 atom stereocenters. The first-order valence-electron chi connectivity index (χ1n) is 6.23. The number of carbonyl (C=O) groups is 1. The van der Waals surface area contributed by atoms with Crippen molar-refractivity contribution in [1.82, 2.24) is 5.32 Å². The van der Waals surface area contributed by atoms with E-state index in [1.807, 2.05) is 20.8 Å². The highest BCUT2D eigenvalue weighted by molar-refractivity contribution is 7.89. The molecule has 1 aromatic carbocycles. The van der Waals surface area contributed by atoms with Crippen LogP contribution >= 0.6 is 0 Å². The molecule has 0 bridgehead atoms. The first kappa shape index (κ1) is 16.6. The zero-order chi connectivity index (χ0) is 15.5. The van der Waals surface area contributed by atoms with Crippen molar-refractivity contribution < 1.29 is 17.6 Å². The number of hydrogen-bond donors (Lipinski definition) is 2. The van der Waals surface area contributed by atoms with Crippen molar-refractivity contribution in [2.24, 2.45) is 17.0 Å². The van der Waals surface area contributed by atoms with E-state index in [0.29, 0.717) is 12.5 Å². The first-order chi connectivity index (χ1) is 9.12. The summed E-state index contributed by atoms with van der Waals surface area (Å²) in [5.74, 6) is -0.748. The summed E-state index contributed by atoms with van der Waals surface area (Å²) >= 11 is 0. The highest BCUT2D eigenvalue weighted by Gasteiger charge is 2.18. The highest BCUT2D eigenvalue weighted by Crippen LogP contribution is 2.15. The van der Waals surface area contributed by atoms with E-state index in [0.717, 1.165) is 12.1 Å². The minimum Gasteiger partial charge on any atom is -0.352 e. The Hall–Kier alpha value is -1.47. The van der Waals surface area contributed by atoms with Crippen LogP contribution in [-0.4, -0.2) is 20.9 Å². The Morgan fingerprint density at radius 2 is 1.95 bits per heavy atom. The highest BCUT2D eigenvalue weighted by atomic mass is 32.2. The maximum atomic E-state index is 13.4. The van der Waals surface area contributed by atoms with Crippen molar-refractivity contribution in [1.29, 1.82) is 0 Å². The van der Waals surface area contributed by atoms with Crippen LogP contribution in [0.15, 0.2) is 23.1 Å². The molecule has 1 aromatic rings. The summed E-state index contributed by atoms with van der Waals surface area (Å²) in [7, 11) is -4.19. The van der Waals surface area contributed by atoms with Crippen LogP contribution in [0.1, 0.15) is 31.1 Å². The third kappa shape index (κ3) is 4.28. The minimum atomic E-state index is -4.19. The number of carbonyl (C=O) groups excluding carboxylic acids is 1. The Bertz CT molecular complexity index is 600. The largest absolute Gasteiger partial charge is 0.352 e. The van der Waals surface area contributed by atoms with Gasteiger partial charge in [0.1, 0.15) is 10.7 Å². The number of nitrogens with one attached hydrogen (secondary N) is 1. The Balaban J connectivity index is 2.90. The van der Waals surface area contributed by atoms with Gasteiger partial charge in [-0.05, 0) is 30.0 Å². The molecule has 0 heterocycles. The minimum absolute atomic E-state index is 0.0615. The summed E-state index contributed by atoms with van der Waals surface area (Å²) < 4.78 is 35.7. The molecule has 3 N–H and O–H groups in total. The molecule has 1 unspecified atom stereocenters. The number of nitrogens with two attached hydrogens (primary N) is 1. The monoisotopic (exact) mass is 302 g/mol. The second kappa shape index (κ2) is 6.32. The zero-order valence-corrected chi connectivity index (χ0v) is 12.5. The number of primary sulfonamides is 1. The van der Waals surface area contributed by atoms with E-state index in [4.69, 9.17) is 5.14 Å². The quantitative estimate of drug-likeness (QED) is 0.863. The van der Waals surface area contributed by atoms with Crippen LogP contribution in [-0.2, 0) is 10.0 Å². The summed E-state index contributed by atoms with van der Waals surface area (Å²) in [5, 5.41) is 7.57. The number of amides is 1. The molecule has 1 rings (SSSR count). The van der Waals surface area contributed by atoms with E-state index in [9.17, 15) is 17.6 Å². The van der Waals surface area contributed by atoms with Crippen molar-refractivity contribution in [2.45, 2.75) is 25.7 Å². The molecule has 5 nitrogen and oxygen atoms in total. The SMILES string of the molecule is CC(C)C(C)CNC(=O)c1ccc(F)c(S(N)(=O)=O)c1. The predicted molar refractivity (Wildman–Crippen MR) is 74.1 cm³/mol. The maximum Gasteiger partial charge on any atom is 0.251 e. The number of benzene rings is 1. The lowest BCUT2D eigenvalue weighted by Crippen LogP contribution is -2.30. The Morgan fingerprint density at radius 3 is 2.45 bits per heavy atom. The molecule has 0 aliphatic heterocycles. The van der Waals surface area contributed by atoms with Gasteiger partial charge in [-0.2, -0.15) is 0 Å². The van der Waals surface area contributed by atoms with Crippen molar-refractivity contribution in [3.8, 4) is 0 Å². The second-order valence-electron chi connectivity index (χ2n) is 5.12. The van der Waals surface area contributed by atoms with Crippen LogP contribution in [0.25, 0.3) is 0 Å². The van der Waals surface area contributed by atoms with Crippen LogP contribution in [0.5, 0.6) is 0 Å². The summed E-state index contributed by atoms with van der Waals surface area (Å²) in [5.41, 5.74) is 0.0615. The fourth-order valence-electron chi connectivity index (χ4n) is 1.45. The lowest BCUT2D eigenvalue weighted by molar-refractivity contribution is 0.0944. The first-order valence-corrected chi connectivity index (χ1v) is 7.78. The van der Waals surface area contributed by atoms with Crippen LogP contribution in [0, 0.1) is 17.7 Å². The fourth-order valence-corrected chi connectivity index (χ4v) is 2.09. The molecule has 1 amide bonds. The molecule has 0 saturated carbocycles. The van der Waals surface area contributed by atoms with Gasteiger partial charge in [-0.1, -0.05) is 20.8 Å². The lowest BCUT2D eigenvalue weighted by atomic mass is 9.98. The van der Waals surface area contributed by atoms with Gasteiger partial charge in [-0.15, -0.1) is 0 Å². The normalized spacial score (nSPS) is 13.3. The maximum absolute atomic E-state index is 13.4. The third-order valence-corrected chi connectivity index (χ3v) is 4.15. The predicted octanol–water partition coefficient (Wildman–Crippen LogP) is 1.49. The van der Waals surface area contributed by atoms with Crippen molar-refractivity contribution in [3.05, 3.63) is 29.6 Å². The topological polar surface area (TPSA) is 89.3 Å². The Kier molecular flexibility index (Phi) is 5.24. The Labute approximate surface area is 118 Å². The molecular weight excluding hydrogens is 283 g/mol. The molecular formula is C13H19FN2O3S. The van der Waals surface area contributed by atoms with Crippen LogP contribution in [0.2, 0.25) is 0 Å². The average molecular weight is 302 g/mol. The molecule has 0 fully saturated rings. The van der Waals surface area contributed by atoms with Crippen molar-refractivity contribution >= 4 is 15.9 Å². The molecule has 112 valence electrons. The number of hydrogen-bond acceptors (Lipinski definition) is 3. The van der Waals surface area contributed by atoms with Gasteiger partial charge in [0.15, 0.2) is 0 Å². The molecule has 0 radical (unpaired) electrons. The summed E-state index contributed by atoms with van der Waals surface area (Å²) in [4.78, 5) is 11.2. The van der Waals surface area contributed by atoms with Gasteiger partial charge in [0.05, 0.1) is 0 Å². The standard InChI is InChI=1S/C13H19FN2O3S/c1-8(2)9(3)7-16-13(17)10-4-5-11(14)12(6-10)20(15,18)19/h4-6,8-9H,7H2,1-3H3,(H,16,17)(H2,15,18,19). The van der Waals surface area contributed by atoms with Gasteiger partial charge in [-0.25, -0.2) is 17.9 Å². The average Bonchev–Trinajstić information content (AvgIpc) is 2.34. The van der Waals surface area contributed by atoms with Gasteiger partial charge in [0, 0.05) is 12.1 Å². The lowest BCUT2D eigenvalue weighted by Gasteiger charge is -2.16. The fraction of sp³-hybridized carbons (Fsp3) is 0.462. The molecule has 0 saturated heterocycles. The zero-order valence-electron chi connectivity index (χ0n) is 11.7. The molecule has 7 heteroatoms. The Morgan fingerprint density at radius 1 is 1.35 bits per heavy atom. The third-order valence-electron chi connectivity index (χ3n) is 3.22. The van der Waals surface area contributed by atoms with E-state index in [-0.39, 0.29) is 11.5 Å². The van der Waals surface area contributed by atoms with E-state index in [1.54, 1.807) is 0 Å². The number of rotatable bonds is 5. The van der Waals surface area contributed by atoms with Crippen molar-refractivity contribution in [2.75, 3.05) is 6.54 Å². The van der Waals surface area contributed by atoms with Crippen LogP contribution < -0.4 is 10.5 Å².